The maximum Gasteiger partial charge on any atom is 0.159 e. The highest BCUT2D eigenvalue weighted by atomic mass is 19.2. The van der Waals surface area contributed by atoms with Crippen molar-refractivity contribution in [1.29, 1.82) is 0 Å². The van der Waals surface area contributed by atoms with Gasteiger partial charge in [0, 0.05) is 59.1 Å². The van der Waals surface area contributed by atoms with Gasteiger partial charge in [0.1, 0.15) is 23.2 Å². The molecule has 0 aliphatic carbocycles. The molecule has 4 aromatic rings. The smallest absolute Gasteiger partial charge is 0.159 e. The maximum atomic E-state index is 13.5. The van der Waals surface area contributed by atoms with Gasteiger partial charge >= 0.3 is 0 Å². The van der Waals surface area contributed by atoms with Crippen LogP contribution in [0.4, 0.5) is 20.4 Å². The van der Waals surface area contributed by atoms with Crippen molar-refractivity contribution in [3.63, 3.8) is 0 Å². The van der Waals surface area contributed by atoms with E-state index in [1.54, 1.807) is 12.4 Å². The summed E-state index contributed by atoms with van der Waals surface area (Å²) in [6.45, 7) is 6.36. The quantitative estimate of drug-likeness (QED) is 0.418. The minimum atomic E-state index is -0.796. The SMILES string of the molecule is Cn1c2ccnc(N3CCCCC3)c2c2ncnc(N3CCN(CCc4ccc(F)c(F)c4)CC3)c21. The van der Waals surface area contributed by atoms with E-state index in [1.807, 2.05) is 6.20 Å². The minimum absolute atomic E-state index is 0.699. The van der Waals surface area contributed by atoms with E-state index in [4.69, 9.17) is 15.0 Å². The molecule has 5 heterocycles. The summed E-state index contributed by atoms with van der Waals surface area (Å²) in [5.74, 6) is 0.419. The van der Waals surface area contributed by atoms with Crippen LogP contribution in [-0.2, 0) is 13.5 Å². The Hall–Kier alpha value is -3.33. The molecule has 2 saturated heterocycles. The van der Waals surface area contributed by atoms with Crippen molar-refractivity contribution in [2.45, 2.75) is 25.7 Å². The van der Waals surface area contributed by atoms with Gasteiger partial charge in [-0.15, -0.1) is 0 Å². The van der Waals surface area contributed by atoms with Crippen LogP contribution in [0.25, 0.3) is 21.9 Å². The molecule has 0 radical (unpaired) electrons. The van der Waals surface area contributed by atoms with Crippen LogP contribution in [-0.4, -0.2) is 70.2 Å². The van der Waals surface area contributed by atoms with Crippen LogP contribution in [0.5, 0.6) is 0 Å². The molecular formula is C27H31F2N7. The predicted molar refractivity (Wildman–Crippen MR) is 139 cm³/mol. The highest BCUT2D eigenvalue weighted by molar-refractivity contribution is 6.13. The van der Waals surface area contributed by atoms with E-state index in [9.17, 15) is 8.78 Å². The molecule has 6 rings (SSSR count). The monoisotopic (exact) mass is 491 g/mol. The van der Waals surface area contributed by atoms with Crippen molar-refractivity contribution in [1.82, 2.24) is 24.4 Å². The molecule has 2 aliphatic rings. The number of halogens is 2. The largest absolute Gasteiger partial charge is 0.356 e. The number of nitrogens with zero attached hydrogens (tertiary/aromatic N) is 7. The van der Waals surface area contributed by atoms with Gasteiger partial charge in [0.05, 0.1) is 10.9 Å². The molecule has 188 valence electrons. The Balaban J connectivity index is 1.23. The first-order valence-electron chi connectivity index (χ1n) is 12.8. The molecule has 0 saturated carbocycles. The van der Waals surface area contributed by atoms with Crippen molar-refractivity contribution >= 4 is 33.6 Å². The zero-order chi connectivity index (χ0) is 24.6. The maximum absolute atomic E-state index is 13.5. The number of piperidine rings is 1. The van der Waals surface area contributed by atoms with Gasteiger partial charge in [-0.05, 0) is 49.4 Å². The number of hydrogen-bond donors (Lipinski definition) is 0. The highest BCUT2D eigenvalue weighted by Crippen LogP contribution is 2.37. The molecular weight excluding hydrogens is 460 g/mol. The first-order valence-corrected chi connectivity index (χ1v) is 12.8. The van der Waals surface area contributed by atoms with Gasteiger partial charge in [0.2, 0.25) is 0 Å². The molecule has 0 amide bonds. The van der Waals surface area contributed by atoms with Gasteiger partial charge in [-0.25, -0.2) is 23.7 Å². The van der Waals surface area contributed by atoms with E-state index < -0.39 is 11.6 Å². The second kappa shape index (κ2) is 9.61. The molecule has 1 aromatic carbocycles. The topological polar surface area (TPSA) is 53.3 Å². The Labute approximate surface area is 209 Å². The fourth-order valence-corrected chi connectivity index (χ4v) is 5.67. The highest BCUT2D eigenvalue weighted by Gasteiger charge is 2.25. The van der Waals surface area contributed by atoms with Crippen LogP contribution in [0.15, 0.2) is 36.8 Å². The molecule has 3 aromatic heterocycles. The van der Waals surface area contributed by atoms with E-state index in [2.05, 4.69) is 32.4 Å². The molecule has 0 unspecified atom stereocenters. The van der Waals surface area contributed by atoms with Gasteiger partial charge in [0.25, 0.3) is 0 Å². The Morgan fingerprint density at radius 3 is 2.36 bits per heavy atom. The van der Waals surface area contributed by atoms with Crippen LogP contribution in [0.3, 0.4) is 0 Å². The summed E-state index contributed by atoms with van der Waals surface area (Å²) < 4.78 is 29.0. The molecule has 0 bridgehead atoms. The van der Waals surface area contributed by atoms with Gasteiger partial charge < -0.3 is 14.4 Å². The van der Waals surface area contributed by atoms with Gasteiger partial charge in [-0.1, -0.05) is 6.07 Å². The zero-order valence-corrected chi connectivity index (χ0v) is 20.6. The Morgan fingerprint density at radius 1 is 0.806 bits per heavy atom. The van der Waals surface area contributed by atoms with Crippen LogP contribution >= 0.6 is 0 Å². The second-order valence-electron chi connectivity index (χ2n) is 9.86. The number of benzene rings is 1. The summed E-state index contributed by atoms with van der Waals surface area (Å²) in [5, 5.41) is 1.12. The lowest BCUT2D eigenvalue weighted by molar-refractivity contribution is 0.260. The lowest BCUT2D eigenvalue weighted by Crippen LogP contribution is -2.47. The molecule has 36 heavy (non-hydrogen) atoms. The average Bonchev–Trinajstić information content (AvgIpc) is 3.22. The summed E-state index contributed by atoms with van der Waals surface area (Å²) >= 11 is 0. The normalized spacial score (nSPS) is 17.4. The van der Waals surface area contributed by atoms with Crippen LogP contribution in [0.2, 0.25) is 0 Å². The third kappa shape index (κ3) is 4.15. The van der Waals surface area contributed by atoms with Crippen LogP contribution in [0, 0.1) is 11.6 Å². The van der Waals surface area contributed by atoms with Crippen molar-refractivity contribution in [2.24, 2.45) is 7.05 Å². The van der Waals surface area contributed by atoms with Gasteiger partial charge in [-0.3, -0.25) is 4.90 Å². The number of piperazine rings is 1. The Morgan fingerprint density at radius 2 is 1.58 bits per heavy atom. The fraction of sp³-hybridized carbons (Fsp3) is 0.444. The zero-order valence-electron chi connectivity index (χ0n) is 20.6. The predicted octanol–water partition coefficient (Wildman–Crippen LogP) is 4.15. The van der Waals surface area contributed by atoms with Crippen molar-refractivity contribution in [2.75, 3.05) is 55.6 Å². The Bertz CT molecular complexity index is 1390. The number of fused-ring (bicyclic) bond motifs is 3. The Kier molecular flexibility index (Phi) is 6.17. The number of pyridine rings is 1. The van der Waals surface area contributed by atoms with Crippen LogP contribution in [0.1, 0.15) is 24.8 Å². The van der Waals surface area contributed by atoms with Crippen LogP contribution < -0.4 is 9.80 Å². The molecule has 2 aliphatic heterocycles. The summed E-state index contributed by atoms with van der Waals surface area (Å²) in [4.78, 5) is 21.4. The van der Waals surface area contributed by atoms with E-state index in [0.717, 1.165) is 84.9 Å². The molecule has 9 heteroatoms. The van der Waals surface area contributed by atoms with E-state index in [-0.39, 0.29) is 0 Å². The van der Waals surface area contributed by atoms with Crippen molar-refractivity contribution in [3.05, 3.63) is 54.0 Å². The standard InChI is InChI=1S/C27H31F2N7/c1-33-22-7-9-30-26(35-10-3-2-4-11-35)23(22)24-25(33)27(32-18-31-24)36-15-13-34(14-16-36)12-8-19-5-6-20(28)21(29)17-19/h5-7,9,17-18H,2-4,8,10-16H2,1H3. The van der Waals surface area contributed by atoms with Crippen molar-refractivity contribution < 1.29 is 8.78 Å². The minimum Gasteiger partial charge on any atom is -0.356 e. The lowest BCUT2D eigenvalue weighted by Gasteiger charge is -2.35. The number of rotatable bonds is 5. The number of aryl methyl sites for hydroxylation is 1. The third-order valence-electron chi connectivity index (χ3n) is 7.67. The number of hydrogen-bond acceptors (Lipinski definition) is 6. The second-order valence-corrected chi connectivity index (χ2v) is 9.86. The lowest BCUT2D eigenvalue weighted by atomic mass is 10.1. The summed E-state index contributed by atoms with van der Waals surface area (Å²) in [7, 11) is 2.09. The third-order valence-corrected chi connectivity index (χ3v) is 7.67. The average molecular weight is 492 g/mol. The molecule has 7 nitrogen and oxygen atoms in total. The molecule has 0 N–H and O–H groups in total. The van der Waals surface area contributed by atoms with Crippen molar-refractivity contribution in [3.8, 4) is 0 Å². The number of anilines is 2. The first kappa shape index (κ1) is 23.1. The van der Waals surface area contributed by atoms with E-state index >= 15 is 0 Å². The van der Waals surface area contributed by atoms with E-state index in [0.29, 0.717) is 6.42 Å². The molecule has 2 fully saturated rings. The molecule has 0 atom stereocenters. The summed E-state index contributed by atoms with van der Waals surface area (Å²) in [6.07, 6.45) is 7.96. The first-order chi connectivity index (χ1) is 17.6. The van der Waals surface area contributed by atoms with E-state index in [1.165, 1.54) is 31.4 Å². The molecule has 0 spiro atoms. The van der Waals surface area contributed by atoms with Gasteiger partial charge in [-0.2, -0.15) is 0 Å². The summed E-state index contributed by atoms with van der Waals surface area (Å²) in [6, 6.07) is 6.25. The summed E-state index contributed by atoms with van der Waals surface area (Å²) in [5.41, 5.74) is 3.97. The fourth-order valence-electron chi connectivity index (χ4n) is 5.67. The van der Waals surface area contributed by atoms with Gasteiger partial charge in [0.15, 0.2) is 17.5 Å². The number of aromatic nitrogens is 4.